The van der Waals surface area contributed by atoms with Gasteiger partial charge < -0.3 is 10.2 Å². The van der Waals surface area contributed by atoms with E-state index in [1.54, 1.807) is 0 Å². The predicted octanol–water partition coefficient (Wildman–Crippen LogP) is 3.90. The van der Waals surface area contributed by atoms with Crippen LogP contribution in [0.4, 0.5) is 0 Å². The topological polar surface area (TPSA) is 15.3 Å². The molecule has 2 nitrogen and oxygen atoms in total. The summed E-state index contributed by atoms with van der Waals surface area (Å²) in [6.07, 6.45) is 10.1. The lowest BCUT2D eigenvalue weighted by Crippen LogP contribution is -2.45. The van der Waals surface area contributed by atoms with Crippen molar-refractivity contribution in [2.24, 2.45) is 17.8 Å². The maximum Gasteiger partial charge on any atom is 0.0692 e. The van der Waals surface area contributed by atoms with Crippen molar-refractivity contribution < 1.29 is 0 Å². The number of nitrogens with one attached hydrogen (secondary N) is 1. The summed E-state index contributed by atoms with van der Waals surface area (Å²) in [4.78, 5) is 2.68. The largest absolute Gasteiger partial charge is 0.378 e. The van der Waals surface area contributed by atoms with E-state index in [9.17, 15) is 0 Å². The third kappa shape index (κ3) is 3.08. The molecular formula is C20H30N2. The maximum atomic E-state index is 3.96. The van der Waals surface area contributed by atoms with Crippen LogP contribution in [0.5, 0.6) is 0 Å². The minimum absolute atomic E-state index is 0.244. The zero-order valence-electron chi connectivity index (χ0n) is 14.1. The first-order valence-corrected chi connectivity index (χ1v) is 8.78. The molecule has 0 saturated carbocycles. The summed E-state index contributed by atoms with van der Waals surface area (Å²) in [7, 11) is 0. The first-order chi connectivity index (χ1) is 10.6. The summed E-state index contributed by atoms with van der Waals surface area (Å²) < 4.78 is 0. The van der Waals surface area contributed by atoms with Crippen molar-refractivity contribution in [3.63, 3.8) is 0 Å². The summed E-state index contributed by atoms with van der Waals surface area (Å²) in [5.41, 5.74) is 4.25. The van der Waals surface area contributed by atoms with Gasteiger partial charge in [0, 0.05) is 18.8 Å². The summed E-state index contributed by atoms with van der Waals surface area (Å²) in [6, 6.07) is 0.244. The molecule has 0 spiro atoms. The number of likely N-dealkylation sites (tertiary alicyclic amines) is 1. The molecule has 0 radical (unpaired) electrons. The maximum absolute atomic E-state index is 3.96. The Morgan fingerprint density at radius 1 is 1.32 bits per heavy atom. The van der Waals surface area contributed by atoms with E-state index in [-0.39, 0.29) is 6.04 Å². The lowest BCUT2D eigenvalue weighted by Gasteiger charge is -2.44. The monoisotopic (exact) mass is 298 g/mol. The molecule has 0 bridgehead atoms. The summed E-state index contributed by atoms with van der Waals surface area (Å²) >= 11 is 0. The molecule has 0 aromatic carbocycles. The number of allylic oxidation sites excluding steroid dienone is 3. The molecule has 22 heavy (non-hydrogen) atoms. The highest BCUT2D eigenvalue weighted by Crippen LogP contribution is 2.41. The molecule has 0 amide bonds. The van der Waals surface area contributed by atoms with Crippen LogP contribution in [0.2, 0.25) is 0 Å². The minimum Gasteiger partial charge on any atom is -0.378 e. The molecule has 120 valence electrons. The number of hydrogen-bond donors (Lipinski definition) is 1. The Morgan fingerprint density at radius 2 is 2.14 bits per heavy atom. The lowest BCUT2D eigenvalue weighted by atomic mass is 9.72. The second-order valence-corrected chi connectivity index (χ2v) is 7.58. The van der Waals surface area contributed by atoms with Crippen LogP contribution in [0.1, 0.15) is 33.1 Å². The molecule has 2 heterocycles. The molecule has 2 heteroatoms. The van der Waals surface area contributed by atoms with Crippen LogP contribution in [-0.4, -0.2) is 30.6 Å². The third-order valence-electron chi connectivity index (χ3n) is 5.44. The number of hydrogen-bond acceptors (Lipinski definition) is 2. The number of fused-ring (bicyclic) bond motifs is 1. The Hall–Kier alpha value is -1.28. The van der Waals surface area contributed by atoms with Crippen molar-refractivity contribution in [1.29, 1.82) is 0 Å². The molecule has 3 atom stereocenters. The van der Waals surface area contributed by atoms with E-state index in [4.69, 9.17) is 0 Å². The molecule has 0 aromatic rings. The molecule has 3 rings (SSSR count). The number of piperidine rings is 1. The van der Waals surface area contributed by atoms with Gasteiger partial charge in [-0.05, 0) is 54.7 Å². The summed E-state index contributed by atoms with van der Waals surface area (Å²) in [5.74, 6) is 2.46. The quantitative estimate of drug-likeness (QED) is 0.792. The van der Waals surface area contributed by atoms with Crippen molar-refractivity contribution in [3.8, 4) is 0 Å². The number of dihydropyridines is 1. The van der Waals surface area contributed by atoms with Crippen molar-refractivity contribution >= 4 is 0 Å². The van der Waals surface area contributed by atoms with Crippen molar-refractivity contribution in [1.82, 2.24) is 10.2 Å². The zero-order valence-corrected chi connectivity index (χ0v) is 14.1. The van der Waals surface area contributed by atoms with Crippen LogP contribution in [-0.2, 0) is 0 Å². The highest BCUT2D eigenvalue weighted by molar-refractivity contribution is 5.43. The van der Waals surface area contributed by atoms with Gasteiger partial charge in [0.1, 0.15) is 0 Å². The van der Waals surface area contributed by atoms with Crippen molar-refractivity contribution in [2.45, 2.75) is 39.2 Å². The molecule has 1 fully saturated rings. The van der Waals surface area contributed by atoms with Gasteiger partial charge in [-0.3, -0.25) is 0 Å². The highest BCUT2D eigenvalue weighted by atomic mass is 15.1. The van der Waals surface area contributed by atoms with Gasteiger partial charge >= 0.3 is 0 Å². The Bertz CT molecular complexity index is 512. The first-order valence-electron chi connectivity index (χ1n) is 8.78. The van der Waals surface area contributed by atoms with Gasteiger partial charge in [0.2, 0.25) is 0 Å². The Balaban J connectivity index is 1.74. The lowest BCUT2D eigenvalue weighted by molar-refractivity contribution is 0.101. The van der Waals surface area contributed by atoms with Crippen molar-refractivity contribution in [3.05, 3.63) is 48.2 Å². The fourth-order valence-corrected chi connectivity index (χ4v) is 4.38. The van der Waals surface area contributed by atoms with E-state index in [1.807, 2.05) is 12.2 Å². The van der Waals surface area contributed by atoms with E-state index in [2.05, 4.69) is 43.3 Å². The molecule has 0 aromatic heterocycles. The molecular weight excluding hydrogens is 268 g/mol. The van der Waals surface area contributed by atoms with Crippen LogP contribution < -0.4 is 5.32 Å². The van der Waals surface area contributed by atoms with E-state index in [0.717, 1.165) is 17.8 Å². The van der Waals surface area contributed by atoms with Crippen LogP contribution >= 0.6 is 0 Å². The predicted molar refractivity (Wildman–Crippen MR) is 94.5 cm³/mol. The normalized spacial score (nSPS) is 32.0. The Kier molecular flexibility index (Phi) is 4.58. The number of nitrogens with zero attached hydrogens (tertiary/aromatic N) is 1. The second kappa shape index (κ2) is 6.45. The van der Waals surface area contributed by atoms with Gasteiger partial charge in [0.15, 0.2) is 0 Å². The van der Waals surface area contributed by atoms with E-state index < -0.39 is 0 Å². The van der Waals surface area contributed by atoms with Gasteiger partial charge in [-0.2, -0.15) is 0 Å². The third-order valence-corrected chi connectivity index (χ3v) is 5.44. The standard InChI is InChI=1S/C20H30N2/c1-5-15-9-17-10-18-13-22(12-14(3)4)8-7-16(18)11-20(17)21-19(15)6-2/h5-6,9,14,16,18-19,21H,1-2,7-8,10-13H2,3-4H3. The van der Waals surface area contributed by atoms with Crippen LogP contribution in [0.15, 0.2) is 48.2 Å². The van der Waals surface area contributed by atoms with Gasteiger partial charge in [-0.15, -0.1) is 6.58 Å². The molecule has 2 aliphatic heterocycles. The zero-order chi connectivity index (χ0) is 15.7. The minimum atomic E-state index is 0.244. The molecule has 1 N–H and O–H groups in total. The second-order valence-electron chi connectivity index (χ2n) is 7.58. The average molecular weight is 298 g/mol. The van der Waals surface area contributed by atoms with Crippen molar-refractivity contribution in [2.75, 3.05) is 19.6 Å². The summed E-state index contributed by atoms with van der Waals surface area (Å²) in [5, 5.41) is 3.69. The fourth-order valence-electron chi connectivity index (χ4n) is 4.38. The van der Waals surface area contributed by atoms with Gasteiger partial charge in [0.05, 0.1) is 6.04 Å². The van der Waals surface area contributed by atoms with E-state index in [1.165, 1.54) is 55.7 Å². The number of rotatable bonds is 4. The Labute approximate surface area is 135 Å². The Morgan fingerprint density at radius 3 is 2.82 bits per heavy atom. The smallest absolute Gasteiger partial charge is 0.0692 e. The summed E-state index contributed by atoms with van der Waals surface area (Å²) in [6.45, 7) is 16.4. The highest BCUT2D eigenvalue weighted by Gasteiger charge is 2.35. The van der Waals surface area contributed by atoms with Crippen LogP contribution in [0, 0.1) is 17.8 Å². The molecule has 1 aliphatic carbocycles. The van der Waals surface area contributed by atoms with Gasteiger partial charge in [-0.25, -0.2) is 0 Å². The molecule has 1 saturated heterocycles. The first kappa shape index (κ1) is 15.6. The van der Waals surface area contributed by atoms with E-state index >= 15 is 0 Å². The average Bonchev–Trinajstić information content (AvgIpc) is 2.51. The fraction of sp³-hybridized carbons (Fsp3) is 0.600. The SMILES string of the molecule is C=CC1=CC2=C(CC3CCN(CC(C)C)CC3C2)NC1C=C. The van der Waals surface area contributed by atoms with Crippen LogP contribution in [0.25, 0.3) is 0 Å². The molecule has 3 unspecified atom stereocenters. The van der Waals surface area contributed by atoms with Gasteiger partial charge in [0.25, 0.3) is 0 Å². The van der Waals surface area contributed by atoms with Gasteiger partial charge in [-0.1, -0.05) is 38.7 Å². The van der Waals surface area contributed by atoms with E-state index in [0.29, 0.717) is 0 Å². The molecule has 3 aliphatic rings. The van der Waals surface area contributed by atoms with Crippen LogP contribution in [0.3, 0.4) is 0 Å².